The van der Waals surface area contributed by atoms with E-state index in [0.717, 1.165) is 48.3 Å². The lowest BCUT2D eigenvalue weighted by Gasteiger charge is -2.33. The molecule has 0 aromatic heterocycles. The van der Waals surface area contributed by atoms with Crippen LogP contribution in [0.15, 0.2) is 42.5 Å². The van der Waals surface area contributed by atoms with E-state index in [2.05, 4.69) is 5.32 Å². The molecular formula is C24H30N2O4. The lowest BCUT2D eigenvalue weighted by molar-refractivity contribution is -0.131. The van der Waals surface area contributed by atoms with E-state index < -0.39 is 0 Å². The number of nitrogens with one attached hydrogen (secondary N) is 1. The standard InChI is InChI=1S/C24H30N2O4/c1-3-30-23-13-22(29-2)10-9-20(23)14-25-15-24(28)26-11-5-8-21(16-26)19-7-4-6-18(12-19)17-27/h4,6-7,9-10,12-13,17,21,25H,3,5,8,11,14-16H2,1-2H3. The highest BCUT2D eigenvalue weighted by Crippen LogP contribution is 2.28. The zero-order valence-electron chi connectivity index (χ0n) is 17.7. The smallest absolute Gasteiger partial charge is 0.236 e. The topological polar surface area (TPSA) is 67.9 Å². The fourth-order valence-electron chi connectivity index (χ4n) is 3.88. The van der Waals surface area contributed by atoms with E-state index >= 15 is 0 Å². The van der Waals surface area contributed by atoms with Gasteiger partial charge < -0.3 is 19.7 Å². The highest BCUT2D eigenvalue weighted by atomic mass is 16.5. The van der Waals surface area contributed by atoms with Crippen molar-refractivity contribution in [3.63, 3.8) is 0 Å². The van der Waals surface area contributed by atoms with E-state index in [4.69, 9.17) is 9.47 Å². The second-order valence-electron chi connectivity index (χ2n) is 7.48. The van der Waals surface area contributed by atoms with E-state index in [9.17, 15) is 9.59 Å². The lowest BCUT2D eigenvalue weighted by atomic mass is 9.90. The minimum atomic E-state index is 0.0951. The van der Waals surface area contributed by atoms with Gasteiger partial charge in [-0.1, -0.05) is 24.3 Å². The maximum absolute atomic E-state index is 12.8. The van der Waals surface area contributed by atoms with Crippen molar-refractivity contribution in [1.29, 1.82) is 0 Å². The second-order valence-corrected chi connectivity index (χ2v) is 7.48. The summed E-state index contributed by atoms with van der Waals surface area (Å²) in [5.41, 5.74) is 2.81. The van der Waals surface area contributed by atoms with Crippen molar-refractivity contribution in [2.45, 2.75) is 32.2 Å². The SMILES string of the molecule is CCOc1cc(OC)ccc1CNCC(=O)N1CCCC(c2cccc(C=O)c2)C1. The highest BCUT2D eigenvalue weighted by molar-refractivity contribution is 5.78. The fourth-order valence-corrected chi connectivity index (χ4v) is 3.88. The Morgan fingerprint density at radius 3 is 2.90 bits per heavy atom. The molecule has 0 radical (unpaired) electrons. The number of carbonyl (C=O) groups excluding carboxylic acids is 2. The molecule has 1 saturated heterocycles. The average molecular weight is 411 g/mol. The first-order valence-electron chi connectivity index (χ1n) is 10.5. The van der Waals surface area contributed by atoms with Crippen LogP contribution in [0.5, 0.6) is 11.5 Å². The normalized spacial score (nSPS) is 16.2. The molecule has 0 bridgehead atoms. The number of benzene rings is 2. The lowest BCUT2D eigenvalue weighted by Crippen LogP contribution is -2.43. The van der Waals surface area contributed by atoms with Crippen LogP contribution in [0.4, 0.5) is 0 Å². The van der Waals surface area contributed by atoms with Gasteiger partial charge in [0.1, 0.15) is 17.8 Å². The Bertz CT molecular complexity index is 868. The number of hydrogen-bond acceptors (Lipinski definition) is 5. The van der Waals surface area contributed by atoms with Crippen molar-refractivity contribution in [2.24, 2.45) is 0 Å². The molecular weight excluding hydrogens is 380 g/mol. The summed E-state index contributed by atoms with van der Waals surface area (Å²) < 4.78 is 11.0. The summed E-state index contributed by atoms with van der Waals surface area (Å²) in [5, 5.41) is 3.25. The molecule has 160 valence electrons. The molecule has 1 atom stereocenters. The van der Waals surface area contributed by atoms with Crippen LogP contribution in [0, 0.1) is 0 Å². The molecule has 3 rings (SSSR count). The number of amides is 1. The molecule has 2 aromatic rings. The molecule has 6 nitrogen and oxygen atoms in total. The Morgan fingerprint density at radius 2 is 2.13 bits per heavy atom. The third-order valence-corrected chi connectivity index (χ3v) is 5.46. The summed E-state index contributed by atoms with van der Waals surface area (Å²) in [4.78, 5) is 25.7. The molecule has 1 N–H and O–H groups in total. The Morgan fingerprint density at radius 1 is 1.27 bits per heavy atom. The quantitative estimate of drug-likeness (QED) is 0.642. The van der Waals surface area contributed by atoms with Gasteiger partial charge in [0, 0.05) is 42.7 Å². The molecule has 0 aliphatic carbocycles. The van der Waals surface area contributed by atoms with Gasteiger partial charge in [0.2, 0.25) is 5.91 Å². The monoisotopic (exact) mass is 410 g/mol. The molecule has 6 heteroatoms. The number of carbonyl (C=O) groups is 2. The van der Waals surface area contributed by atoms with E-state index in [1.807, 2.05) is 54.3 Å². The van der Waals surface area contributed by atoms with Gasteiger partial charge in [0.15, 0.2) is 0 Å². The summed E-state index contributed by atoms with van der Waals surface area (Å²) in [6.07, 6.45) is 2.87. The van der Waals surface area contributed by atoms with Gasteiger partial charge in [-0.2, -0.15) is 0 Å². The third-order valence-electron chi connectivity index (χ3n) is 5.46. The van der Waals surface area contributed by atoms with Crippen LogP contribution in [-0.2, 0) is 11.3 Å². The summed E-state index contributed by atoms with van der Waals surface area (Å²) >= 11 is 0. The Labute approximate surface area is 178 Å². The zero-order valence-corrected chi connectivity index (χ0v) is 17.7. The Kier molecular flexibility index (Phi) is 7.85. The van der Waals surface area contributed by atoms with Crippen LogP contribution in [-0.4, -0.2) is 50.4 Å². The van der Waals surface area contributed by atoms with Gasteiger partial charge in [0.05, 0.1) is 20.3 Å². The maximum atomic E-state index is 12.8. The van der Waals surface area contributed by atoms with Crippen molar-refractivity contribution in [1.82, 2.24) is 10.2 Å². The fraction of sp³-hybridized carbons (Fsp3) is 0.417. The van der Waals surface area contributed by atoms with E-state index in [1.165, 1.54) is 0 Å². The van der Waals surface area contributed by atoms with Crippen LogP contribution < -0.4 is 14.8 Å². The number of hydrogen-bond donors (Lipinski definition) is 1. The number of piperidine rings is 1. The minimum absolute atomic E-state index is 0.0951. The summed E-state index contributed by atoms with van der Waals surface area (Å²) in [5.74, 6) is 1.88. The first kappa shape index (κ1) is 21.8. The van der Waals surface area contributed by atoms with Crippen LogP contribution in [0.3, 0.4) is 0 Å². The number of likely N-dealkylation sites (tertiary alicyclic amines) is 1. The predicted octanol–water partition coefficient (Wildman–Crippen LogP) is 3.40. The van der Waals surface area contributed by atoms with Gasteiger partial charge in [-0.25, -0.2) is 0 Å². The largest absolute Gasteiger partial charge is 0.497 e. The van der Waals surface area contributed by atoms with Gasteiger partial charge >= 0.3 is 0 Å². The number of aldehydes is 1. The molecule has 30 heavy (non-hydrogen) atoms. The first-order chi connectivity index (χ1) is 14.6. The van der Waals surface area contributed by atoms with E-state index in [1.54, 1.807) is 7.11 Å². The molecule has 1 unspecified atom stereocenters. The molecule has 1 fully saturated rings. The van der Waals surface area contributed by atoms with Gasteiger partial charge in [0.25, 0.3) is 0 Å². The van der Waals surface area contributed by atoms with Crippen LogP contribution >= 0.6 is 0 Å². The molecule has 2 aromatic carbocycles. The number of methoxy groups -OCH3 is 1. The Hall–Kier alpha value is -2.86. The molecule has 1 aliphatic rings. The van der Waals surface area contributed by atoms with Crippen molar-refractivity contribution in [3.05, 3.63) is 59.2 Å². The number of rotatable bonds is 9. The van der Waals surface area contributed by atoms with Crippen LogP contribution in [0.2, 0.25) is 0 Å². The third kappa shape index (κ3) is 5.60. The second kappa shape index (κ2) is 10.8. The summed E-state index contributed by atoms with van der Waals surface area (Å²) in [7, 11) is 1.63. The predicted molar refractivity (Wildman–Crippen MR) is 116 cm³/mol. The van der Waals surface area contributed by atoms with Crippen molar-refractivity contribution < 1.29 is 19.1 Å². The summed E-state index contributed by atoms with van der Waals surface area (Å²) in [6.45, 7) is 4.80. The first-order valence-corrected chi connectivity index (χ1v) is 10.5. The minimum Gasteiger partial charge on any atom is -0.497 e. The van der Waals surface area contributed by atoms with E-state index in [0.29, 0.717) is 25.3 Å². The zero-order chi connectivity index (χ0) is 21.3. The van der Waals surface area contributed by atoms with Gasteiger partial charge in [-0.3, -0.25) is 9.59 Å². The molecule has 1 amide bonds. The van der Waals surface area contributed by atoms with Crippen molar-refractivity contribution >= 4 is 12.2 Å². The molecule has 1 aliphatic heterocycles. The molecule has 1 heterocycles. The van der Waals surface area contributed by atoms with Crippen molar-refractivity contribution in [2.75, 3.05) is 33.4 Å². The molecule has 0 saturated carbocycles. The van der Waals surface area contributed by atoms with Gasteiger partial charge in [-0.05, 0) is 37.5 Å². The summed E-state index contributed by atoms with van der Waals surface area (Å²) in [6, 6.07) is 13.4. The number of ether oxygens (including phenoxy) is 2. The van der Waals surface area contributed by atoms with Gasteiger partial charge in [-0.15, -0.1) is 0 Å². The molecule has 0 spiro atoms. The maximum Gasteiger partial charge on any atom is 0.236 e. The average Bonchev–Trinajstić information content (AvgIpc) is 2.80. The van der Waals surface area contributed by atoms with Crippen LogP contribution in [0.25, 0.3) is 0 Å². The van der Waals surface area contributed by atoms with Crippen molar-refractivity contribution in [3.8, 4) is 11.5 Å². The van der Waals surface area contributed by atoms with E-state index in [-0.39, 0.29) is 18.4 Å². The van der Waals surface area contributed by atoms with Crippen LogP contribution in [0.1, 0.15) is 47.2 Å². The number of nitrogens with zero attached hydrogens (tertiary/aromatic N) is 1. The highest BCUT2D eigenvalue weighted by Gasteiger charge is 2.24. The Balaban J connectivity index is 1.55.